The van der Waals surface area contributed by atoms with E-state index in [2.05, 4.69) is 21.4 Å². The van der Waals surface area contributed by atoms with Crippen molar-refractivity contribution in [2.75, 3.05) is 25.5 Å². The van der Waals surface area contributed by atoms with E-state index in [0.717, 1.165) is 30.0 Å². The van der Waals surface area contributed by atoms with E-state index >= 15 is 0 Å². The van der Waals surface area contributed by atoms with Crippen LogP contribution in [0.2, 0.25) is 0 Å². The number of hydrogen-bond donors (Lipinski definition) is 1. The highest BCUT2D eigenvalue weighted by molar-refractivity contribution is 5.81. The lowest BCUT2D eigenvalue weighted by Crippen LogP contribution is -2.45. The third-order valence-corrected chi connectivity index (χ3v) is 5.93. The van der Waals surface area contributed by atoms with Gasteiger partial charge in [0.25, 0.3) is 5.91 Å². The number of ether oxygens (including phenoxy) is 2. The topological polar surface area (TPSA) is 76.6 Å². The summed E-state index contributed by atoms with van der Waals surface area (Å²) in [6.45, 7) is 3.37. The van der Waals surface area contributed by atoms with E-state index in [1.54, 1.807) is 13.3 Å². The van der Waals surface area contributed by atoms with Gasteiger partial charge in [0.05, 0.1) is 19.0 Å². The van der Waals surface area contributed by atoms with Gasteiger partial charge < -0.3 is 19.7 Å². The fraction of sp³-hybridized carbons (Fsp3) is 0.346. The van der Waals surface area contributed by atoms with E-state index in [-0.39, 0.29) is 5.91 Å². The van der Waals surface area contributed by atoms with Crippen molar-refractivity contribution in [3.8, 4) is 11.5 Å². The number of pyridine rings is 2. The van der Waals surface area contributed by atoms with Crippen LogP contribution in [-0.4, -0.2) is 47.1 Å². The van der Waals surface area contributed by atoms with Gasteiger partial charge in [-0.2, -0.15) is 0 Å². The minimum absolute atomic E-state index is 0.0322. The minimum atomic E-state index is -0.520. The van der Waals surface area contributed by atoms with E-state index in [9.17, 15) is 4.79 Å². The smallest absolute Gasteiger partial charge is 0.263 e. The summed E-state index contributed by atoms with van der Waals surface area (Å²) in [5.41, 5.74) is 1.97. The average Bonchev–Trinajstić information content (AvgIpc) is 2.88. The van der Waals surface area contributed by atoms with Crippen LogP contribution in [0.15, 0.2) is 67.0 Å². The number of anilines is 2. The van der Waals surface area contributed by atoms with Crippen molar-refractivity contribution in [3.05, 3.63) is 72.7 Å². The van der Waals surface area contributed by atoms with Crippen molar-refractivity contribution >= 4 is 17.4 Å². The number of benzene rings is 1. The third kappa shape index (κ3) is 5.61. The molecule has 1 saturated heterocycles. The Kier molecular flexibility index (Phi) is 7.40. The fourth-order valence-corrected chi connectivity index (χ4v) is 4.08. The highest BCUT2D eigenvalue weighted by atomic mass is 16.5. The summed E-state index contributed by atoms with van der Waals surface area (Å²) in [5, 5.41) is 3.25. The summed E-state index contributed by atoms with van der Waals surface area (Å²) in [6.07, 6.45) is 5.45. The SMILES string of the molecule is CCC(Oc1ccccc1OC)C(=O)N1CCC(c2ccc(Nc3ccccn3)cn2)CC1. The highest BCUT2D eigenvalue weighted by Crippen LogP contribution is 2.30. The van der Waals surface area contributed by atoms with E-state index in [0.29, 0.717) is 36.9 Å². The molecule has 2 aromatic heterocycles. The zero-order valence-electron chi connectivity index (χ0n) is 19.1. The maximum absolute atomic E-state index is 13.1. The number of rotatable bonds is 8. The molecule has 0 aliphatic carbocycles. The molecule has 1 fully saturated rings. The molecule has 0 bridgehead atoms. The summed E-state index contributed by atoms with van der Waals surface area (Å²) in [7, 11) is 1.60. The zero-order chi connectivity index (χ0) is 23.0. The molecule has 1 aromatic carbocycles. The number of aromatic nitrogens is 2. The second kappa shape index (κ2) is 10.8. The molecular weight excluding hydrogens is 416 g/mol. The Labute approximate surface area is 194 Å². The van der Waals surface area contributed by atoms with Crippen LogP contribution in [-0.2, 0) is 4.79 Å². The maximum Gasteiger partial charge on any atom is 0.263 e. The molecule has 0 spiro atoms. The number of para-hydroxylation sites is 2. The lowest BCUT2D eigenvalue weighted by Gasteiger charge is -2.34. The molecule has 4 rings (SSSR count). The first-order valence-corrected chi connectivity index (χ1v) is 11.4. The predicted octanol–water partition coefficient (Wildman–Crippen LogP) is 4.79. The second-order valence-corrected chi connectivity index (χ2v) is 8.08. The van der Waals surface area contributed by atoms with Crippen LogP contribution in [0.25, 0.3) is 0 Å². The Morgan fingerprint density at radius 2 is 1.82 bits per heavy atom. The number of hydrogen-bond acceptors (Lipinski definition) is 6. The Morgan fingerprint density at radius 3 is 2.45 bits per heavy atom. The monoisotopic (exact) mass is 446 g/mol. The third-order valence-electron chi connectivity index (χ3n) is 5.93. The number of amides is 1. The molecule has 1 aliphatic heterocycles. The standard InChI is InChI=1S/C26H30N4O3/c1-3-22(33-24-9-5-4-8-23(24)32-2)26(31)30-16-13-19(14-17-30)21-12-11-20(18-28-21)29-25-10-6-7-15-27-25/h4-12,15,18-19,22H,3,13-14,16-17H2,1-2H3,(H,27,29). The van der Waals surface area contributed by atoms with Crippen molar-refractivity contribution in [1.29, 1.82) is 0 Å². The molecule has 1 atom stereocenters. The van der Waals surface area contributed by atoms with Crippen LogP contribution in [0.1, 0.15) is 37.8 Å². The number of piperidine rings is 1. The van der Waals surface area contributed by atoms with E-state index < -0.39 is 6.10 Å². The summed E-state index contributed by atoms with van der Waals surface area (Å²) in [4.78, 5) is 24.0. The molecule has 7 heteroatoms. The van der Waals surface area contributed by atoms with Gasteiger partial charge in [-0.05, 0) is 55.7 Å². The van der Waals surface area contributed by atoms with Crippen LogP contribution < -0.4 is 14.8 Å². The fourth-order valence-electron chi connectivity index (χ4n) is 4.08. The maximum atomic E-state index is 13.1. The van der Waals surface area contributed by atoms with Crippen LogP contribution >= 0.6 is 0 Å². The minimum Gasteiger partial charge on any atom is -0.493 e. The molecular formula is C26H30N4O3. The molecule has 7 nitrogen and oxygen atoms in total. The molecule has 0 radical (unpaired) electrons. The van der Waals surface area contributed by atoms with Crippen molar-refractivity contribution in [3.63, 3.8) is 0 Å². The van der Waals surface area contributed by atoms with Crippen LogP contribution in [0, 0.1) is 0 Å². The van der Waals surface area contributed by atoms with Gasteiger partial charge in [0.2, 0.25) is 0 Å². The van der Waals surface area contributed by atoms with Gasteiger partial charge in [-0.25, -0.2) is 4.98 Å². The Morgan fingerprint density at radius 1 is 1.06 bits per heavy atom. The van der Waals surface area contributed by atoms with Gasteiger partial charge >= 0.3 is 0 Å². The lowest BCUT2D eigenvalue weighted by molar-refractivity contribution is -0.140. The van der Waals surface area contributed by atoms with Crippen molar-refractivity contribution in [2.24, 2.45) is 0 Å². The first-order chi connectivity index (χ1) is 16.2. The van der Waals surface area contributed by atoms with E-state index in [1.807, 2.05) is 66.6 Å². The van der Waals surface area contributed by atoms with Gasteiger partial charge in [-0.15, -0.1) is 0 Å². The van der Waals surface area contributed by atoms with Gasteiger partial charge in [-0.3, -0.25) is 9.78 Å². The first-order valence-electron chi connectivity index (χ1n) is 11.4. The predicted molar refractivity (Wildman–Crippen MR) is 128 cm³/mol. The van der Waals surface area contributed by atoms with Gasteiger partial charge in [-0.1, -0.05) is 25.1 Å². The molecule has 1 amide bonds. The van der Waals surface area contributed by atoms with Gasteiger partial charge in [0, 0.05) is 30.9 Å². The molecule has 1 unspecified atom stereocenters. The number of carbonyl (C=O) groups is 1. The first kappa shape index (κ1) is 22.6. The summed E-state index contributed by atoms with van der Waals surface area (Å²) < 4.78 is 11.4. The van der Waals surface area contributed by atoms with Crippen LogP contribution in [0.4, 0.5) is 11.5 Å². The van der Waals surface area contributed by atoms with Gasteiger partial charge in [0.1, 0.15) is 5.82 Å². The molecule has 1 aliphatic rings. The Hall–Kier alpha value is -3.61. The number of methoxy groups -OCH3 is 1. The largest absolute Gasteiger partial charge is 0.493 e. The number of carbonyl (C=O) groups excluding carboxylic acids is 1. The number of likely N-dealkylation sites (tertiary alicyclic amines) is 1. The Balaban J connectivity index is 1.32. The van der Waals surface area contributed by atoms with Gasteiger partial charge in [0.15, 0.2) is 17.6 Å². The van der Waals surface area contributed by atoms with E-state index in [1.165, 1.54) is 0 Å². The van der Waals surface area contributed by atoms with Crippen LogP contribution in [0.3, 0.4) is 0 Å². The highest BCUT2D eigenvalue weighted by Gasteiger charge is 2.30. The van der Waals surface area contributed by atoms with Crippen molar-refractivity contribution in [2.45, 2.75) is 38.2 Å². The molecule has 3 aromatic rings. The van der Waals surface area contributed by atoms with Crippen molar-refractivity contribution < 1.29 is 14.3 Å². The quantitative estimate of drug-likeness (QED) is 0.536. The summed E-state index contributed by atoms with van der Waals surface area (Å²) in [6, 6.07) is 17.3. The summed E-state index contributed by atoms with van der Waals surface area (Å²) >= 11 is 0. The molecule has 172 valence electrons. The zero-order valence-corrected chi connectivity index (χ0v) is 19.1. The number of nitrogens with zero attached hydrogens (tertiary/aromatic N) is 3. The van der Waals surface area contributed by atoms with Crippen LogP contribution in [0.5, 0.6) is 11.5 Å². The molecule has 33 heavy (non-hydrogen) atoms. The second-order valence-electron chi connectivity index (χ2n) is 8.08. The molecule has 3 heterocycles. The molecule has 1 N–H and O–H groups in total. The molecule has 0 saturated carbocycles. The normalized spacial score (nSPS) is 15.0. The lowest BCUT2D eigenvalue weighted by atomic mass is 9.92. The summed E-state index contributed by atoms with van der Waals surface area (Å²) in [5.74, 6) is 2.39. The van der Waals surface area contributed by atoms with Crippen molar-refractivity contribution in [1.82, 2.24) is 14.9 Å². The number of nitrogens with one attached hydrogen (secondary N) is 1. The average molecular weight is 447 g/mol. The Bertz CT molecular complexity index is 1030. The van der Waals surface area contributed by atoms with E-state index in [4.69, 9.17) is 9.47 Å².